The molecule has 3 N–H and O–H groups in total. The second-order valence-corrected chi connectivity index (χ2v) is 7.20. The molecule has 160 valence electrons. The average molecular weight is 506 g/mol. The molecule has 1 heterocycles. The molecule has 7 nitrogen and oxygen atoms in total. The van der Waals surface area contributed by atoms with Crippen molar-refractivity contribution >= 4 is 29.9 Å². The number of morpholine rings is 1. The third kappa shape index (κ3) is 9.90. The van der Waals surface area contributed by atoms with E-state index in [1.165, 1.54) is 0 Å². The number of β-amino-alcohol motifs (C(OH)–C–C–N with tert-alkyl or cyclic N) is 1. The molecule has 1 aromatic rings. The first-order chi connectivity index (χ1) is 13.0. The standard InChI is InChI=1S/C20H34N4O3.HI/c1-4-21-19(22-14-17(2)27-18-8-6-5-7-9-18)23-15-20(3,25)16-24-10-12-26-13-11-24;/h5-9,17,25H,4,10-16H2,1-3H3,(H2,21,22,23);1H. The fourth-order valence-electron chi connectivity index (χ4n) is 2.90. The van der Waals surface area contributed by atoms with Gasteiger partial charge < -0.3 is 25.2 Å². The summed E-state index contributed by atoms with van der Waals surface area (Å²) in [6, 6.07) is 9.76. The lowest BCUT2D eigenvalue weighted by Crippen LogP contribution is -2.48. The molecule has 0 bridgehead atoms. The second-order valence-electron chi connectivity index (χ2n) is 7.20. The van der Waals surface area contributed by atoms with Crippen LogP contribution in [-0.2, 0) is 4.74 Å². The summed E-state index contributed by atoms with van der Waals surface area (Å²) in [6.45, 7) is 11.3. The molecule has 1 aliphatic heterocycles. The van der Waals surface area contributed by atoms with Crippen LogP contribution in [0.4, 0.5) is 0 Å². The lowest BCUT2D eigenvalue weighted by molar-refractivity contribution is -0.0180. The van der Waals surface area contributed by atoms with Crippen LogP contribution in [0.2, 0.25) is 0 Å². The molecule has 0 saturated carbocycles. The summed E-state index contributed by atoms with van der Waals surface area (Å²) in [7, 11) is 0. The van der Waals surface area contributed by atoms with Gasteiger partial charge in [0, 0.05) is 26.2 Å². The van der Waals surface area contributed by atoms with Gasteiger partial charge in [0.15, 0.2) is 5.96 Å². The first kappa shape index (κ1) is 24.9. The number of rotatable bonds is 9. The van der Waals surface area contributed by atoms with Crippen LogP contribution in [0.1, 0.15) is 20.8 Å². The van der Waals surface area contributed by atoms with E-state index >= 15 is 0 Å². The molecule has 1 fully saturated rings. The minimum atomic E-state index is -0.883. The van der Waals surface area contributed by atoms with Gasteiger partial charge in [0.2, 0.25) is 0 Å². The van der Waals surface area contributed by atoms with Gasteiger partial charge in [-0.05, 0) is 32.9 Å². The van der Waals surface area contributed by atoms with E-state index in [0.717, 1.165) is 38.6 Å². The molecule has 28 heavy (non-hydrogen) atoms. The largest absolute Gasteiger partial charge is 0.489 e. The normalized spacial score (nSPS) is 18.5. The van der Waals surface area contributed by atoms with Gasteiger partial charge in [-0.25, -0.2) is 0 Å². The Hall–Kier alpha value is -1.10. The number of benzene rings is 1. The summed E-state index contributed by atoms with van der Waals surface area (Å²) in [5.74, 6) is 1.53. The average Bonchev–Trinajstić information content (AvgIpc) is 2.65. The molecule has 0 aromatic heterocycles. The summed E-state index contributed by atoms with van der Waals surface area (Å²) in [4.78, 5) is 6.78. The van der Waals surface area contributed by atoms with E-state index < -0.39 is 5.60 Å². The van der Waals surface area contributed by atoms with Crippen LogP contribution in [0.25, 0.3) is 0 Å². The number of hydrogen-bond acceptors (Lipinski definition) is 5. The molecular weight excluding hydrogens is 471 g/mol. The Bertz CT molecular complexity index is 566. The highest BCUT2D eigenvalue weighted by atomic mass is 127. The molecule has 1 aliphatic rings. The number of ether oxygens (including phenoxy) is 2. The lowest BCUT2D eigenvalue weighted by Gasteiger charge is -2.33. The molecule has 0 spiro atoms. The highest BCUT2D eigenvalue weighted by Crippen LogP contribution is 2.11. The number of halogens is 1. The molecular formula is C20H35IN4O3. The number of hydrogen-bond donors (Lipinski definition) is 3. The fourth-order valence-corrected chi connectivity index (χ4v) is 2.90. The van der Waals surface area contributed by atoms with Crippen molar-refractivity contribution in [2.45, 2.75) is 32.5 Å². The lowest BCUT2D eigenvalue weighted by atomic mass is 10.1. The van der Waals surface area contributed by atoms with Crippen LogP contribution in [-0.4, -0.2) is 80.2 Å². The number of aliphatic imine (C=N–C) groups is 1. The van der Waals surface area contributed by atoms with Gasteiger partial charge in [-0.3, -0.25) is 9.89 Å². The van der Waals surface area contributed by atoms with Gasteiger partial charge in [-0.1, -0.05) is 18.2 Å². The van der Waals surface area contributed by atoms with Crippen LogP contribution >= 0.6 is 24.0 Å². The van der Waals surface area contributed by atoms with E-state index in [1.807, 2.05) is 51.1 Å². The third-order valence-electron chi connectivity index (χ3n) is 4.23. The Morgan fingerprint density at radius 3 is 2.61 bits per heavy atom. The van der Waals surface area contributed by atoms with Crippen molar-refractivity contribution in [3.63, 3.8) is 0 Å². The summed E-state index contributed by atoms with van der Waals surface area (Å²) in [6.07, 6.45) is -0.00915. The van der Waals surface area contributed by atoms with Crippen molar-refractivity contribution in [1.82, 2.24) is 15.5 Å². The van der Waals surface area contributed by atoms with Gasteiger partial charge in [-0.2, -0.15) is 0 Å². The van der Waals surface area contributed by atoms with E-state index in [9.17, 15) is 5.11 Å². The predicted molar refractivity (Wildman–Crippen MR) is 124 cm³/mol. The zero-order valence-corrected chi connectivity index (χ0v) is 19.5. The van der Waals surface area contributed by atoms with E-state index in [1.54, 1.807) is 0 Å². The summed E-state index contributed by atoms with van der Waals surface area (Å²) < 4.78 is 11.2. The SMILES string of the molecule is CCNC(=NCC(C)(O)CN1CCOCC1)NCC(C)Oc1ccccc1.I. The van der Waals surface area contributed by atoms with Crippen LogP contribution in [0.15, 0.2) is 35.3 Å². The van der Waals surface area contributed by atoms with Gasteiger partial charge in [0.05, 0.1) is 31.9 Å². The Morgan fingerprint density at radius 1 is 1.29 bits per heavy atom. The van der Waals surface area contributed by atoms with Crippen molar-refractivity contribution in [2.24, 2.45) is 4.99 Å². The summed E-state index contributed by atoms with van der Waals surface area (Å²) >= 11 is 0. The molecule has 0 amide bonds. The van der Waals surface area contributed by atoms with Gasteiger partial charge >= 0.3 is 0 Å². The first-order valence-corrected chi connectivity index (χ1v) is 9.75. The number of guanidine groups is 1. The van der Waals surface area contributed by atoms with Gasteiger partial charge in [0.1, 0.15) is 11.9 Å². The topological polar surface area (TPSA) is 78.4 Å². The quantitative estimate of drug-likeness (QED) is 0.269. The Kier molecular flexibility index (Phi) is 11.7. The van der Waals surface area contributed by atoms with Gasteiger partial charge in [-0.15, -0.1) is 24.0 Å². The smallest absolute Gasteiger partial charge is 0.191 e. The number of nitrogens with zero attached hydrogens (tertiary/aromatic N) is 2. The van der Waals surface area contributed by atoms with Crippen LogP contribution in [0, 0.1) is 0 Å². The molecule has 8 heteroatoms. The summed E-state index contributed by atoms with van der Waals surface area (Å²) in [5.41, 5.74) is -0.883. The van der Waals surface area contributed by atoms with E-state index in [0.29, 0.717) is 25.6 Å². The van der Waals surface area contributed by atoms with Crippen molar-refractivity contribution in [3.05, 3.63) is 30.3 Å². The highest BCUT2D eigenvalue weighted by Gasteiger charge is 2.25. The molecule has 1 aromatic carbocycles. The maximum Gasteiger partial charge on any atom is 0.191 e. The molecule has 0 radical (unpaired) electrons. The Labute approximate surface area is 185 Å². The zero-order valence-electron chi connectivity index (χ0n) is 17.2. The first-order valence-electron chi connectivity index (χ1n) is 9.75. The van der Waals surface area contributed by atoms with Gasteiger partial charge in [0.25, 0.3) is 0 Å². The molecule has 1 saturated heterocycles. The maximum absolute atomic E-state index is 10.7. The third-order valence-corrected chi connectivity index (χ3v) is 4.23. The Balaban J connectivity index is 0.00000392. The minimum absolute atomic E-state index is 0. The van der Waals surface area contributed by atoms with Crippen molar-refractivity contribution in [2.75, 3.05) is 52.5 Å². The number of aliphatic hydroxyl groups is 1. The minimum Gasteiger partial charge on any atom is -0.489 e. The number of para-hydroxylation sites is 1. The second kappa shape index (κ2) is 13.2. The molecule has 2 atom stereocenters. The van der Waals surface area contributed by atoms with Crippen LogP contribution < -0.4 is 15.4 Å². The van der Waals surface area contributed by atoms with Crippen LogP contribution in [0.3, 0.4) is 0 Å². The number of nitrogens with one attached hydrogen (secondary N) is 2. The molecule has 2 unspecified atom stereocenters. The molecule has 0 aliphatic carbocycles. The van der Waals surface area contributed by atoms with Crippen LogP contribution in [0.5, 0.6) is 5.75 Å². The maximum atomic E-state index is 10.7. The van der Waals surface area contributed by atoms with Crippen molar-refractivity contribution in [1.29, 1.82) is 0 Å². The van der Waals surface area contributed by atoms with Crippen molar-refractivity contribution < 1.29 is 14.6 Å². The zero-order chi connectivity index (χ0) is 19.5. The van der Waals surface area contributed by atoms with E-state index in [-0.39, 0.29) is 30.1 Å². The summed E-state index contributed by atoms with van der Waals surface area (Å²) in [5, 5.41) is 17.2. The predicted octanol–water partition coefficient (Wildman–Crippen LogP) is 1.71. The Morgan fingerprint density at radius 2 is 1.96 bits per heavy atom. The van der Waals surface area contributed by atoms with E-state index in [4.69, 9.17) is 9.47 Å². The fraction of sp³-hybridized carbons (Fsp3) is 0.650. The van der Waals surface area contributed by atoms with E-state index in [2.05, 4.69) is 20.5 Å². The van der Waals surface area contributed by atoms with Crippen molar-refractivity contribution in [3.8, 4) is 5.75 Å². The highest BCUT2D eigenvalue weighted by molar-refractivity contribution is 14.0. The monoisotopic (exact) mass is 506 g/mol. The molecule has 2 rings (SSSR count).